The van der Waals surface area contributed by atoms with Gasteiger partial charge in [-0.2, -0.15) is 13.2 Å². The number of benzene rings is 1. The molecular weight excluding hydrogens is 514 g/mol. The van der Waals surface area contributed by atoms with Crippen LogP contribution in [-0.4, -0.2) is 50.0 Å². The molecule has 30 heavy (non-hydrogen) atoms. The quantitative estimate of drug-likeness (QED) is 0.356. The fraction of sp³-hybridized carbons (Fsp3) is 0.368. The van der Waals surface area contributed by atoms with Crippen molar-refractivity contribution in [1.29, 1.82) is 0 Å². The zero-order valence-electron chi connectivity index (χ0n) is 16.3. The highest BCUT2D eigenvalue weighted by atomic mass is 127. The number of amides is 1. The van der Waals surface area contributed by atoms with Gasteiger partial charge >= 0.3 is 6.18 Å². The number of carbonyl (C=O) groups is 1. The predicted octanol–water partition coefficient (Wildman–Crippen LogP) is 2.91. The van der Waals surface area contributed by atoms with Crippen molar-refractivity contribution in [3.05, 3.63) is 53.5 Å². The molecule has 2 heterocycles. The van der Waals surface area contributed by atoms with Gasteiger partial charge in [-0.15, -0.1) is 24.0 Å². The van der Waals surface area contributed by atoms with Gasteiger partial charge in [-0.3, -0.25) is 9.79 Å². The van der Waals surface area contributed by atoms with Gasteiger partial charge in [-0.1, -0.05) is 6.07 Å². The number of halogens is 4. The summed E-state index contributed by atoms with van der Waals surface area (Å²) in [6.45, 7) is 2.65. The standard InChI is InChI=1S/C19H22F3N5O2.HI/c1-24-18(25-12-15-5-6-16(29-15)17(23)28)27-9-7-26(8-10-27)14-4-2-3-13(11-14)19(20,21)22;/h2-6,11H,7-10,12H2,1H3,(H2,23,28)(H,24,25);1H. The molecule has 1 aromatic carbocycles. The zero-order valence-corrected chi connectivity index (χ0v) is 18.6. The first-order valence-electron chi connectivity index (χ1n) is 9.04. The number of primary amides is 1. The smallest absolute Gasteiger partial charge is 0.416 e. The Hall–Kier alpha value is -2.44. The van der Waals surface area contributed by atoms with Crippen LogP contribution in [-0.2, 0) is 12.7 Å². The minimum atomic E-state index is -4.36. The molecule has 3 rings (SSSR count). The highest BCUT2D eigenvalue weighted by Crippen LogP contribution is 2.31. The number of aliphatic imine (C=N–C) groups is 1. The lowest BCUT2D eigenvalue weighted by Gasteiger charge is -2.37. The van der Waals surface area contributed by atoms with Crippen LogP contribution in [0.3, 0.4) is 0 Å². The molecule has 0 radical (unpaired) electrons. The number of nitrogens with one attached hydrogen (secondary N) is 1. The van der Waals surface area contributed by atoms with E-state index >= 15 is 0 Å². The molecule has 0 saturated carbocycles. The van der Waals surface area contributed by atoms with E-state index in [1.807, 2.05) is 9.80 Å². The first-order valence-corrected chi connectivity index (χ1v) is 9.04. The maximum Gasteiger partial charge on any atom is 0.416 e. The van der Waals surface area contributed by atoms with Gasteiger partial charge in [0.25, 0.3) is 5.91 Å². The third-order valence-corrected chi connectivity index (χ3v) is 4.65. The van der Waals surface area contributed by atoms with Crippen LogP contribution in [0.25, 0.3) is 0 Å². The molecule has 0 bridgehead atoms. The predicted molar refractivity (Wildman–Crippen MR) is 118 cm³/mol. The molecule has 0 spiro atoms. The second kappa shape index (κ2) is 10.0. The van der Waals surface area contributed by atoms with Crippen molar-refractivity contribution in [3.63, 3.8) is 0 Å². The van der Waals surface area contributed by atoms with E-state index in [-0.39, 0.29) is 29.7 Å². The molecule has 1 saturated heterocycles. The van der Waals surface area contributed by atoms with Gasteiger partial charge in [0.1, 0.15) is 5.76 Å². The summed E-state index contributed by atoms with van der Waals surface area (Å²) in [6, 6.07) is 8.53. The van der Waals surface area contributed by atoms with Crippen LogP contribution in [0, 0.1) is 0 Å². The molecule has 2 aromatic rings. The second-order valence-corrected chi connectivity index (χ2v) is 6.55. The summed E-state index contributed by atoms with van der Waals surface area (Å²) >= 11 is 0. The molecule has 164 valence electrons. The lowest BCUT2D eigenvalue weighted by atomic mass is 10.1. The molecule has 1 amide bonds. The fourth-order valence-electron chi connectivity index (χ4n) is 3.16. The Morgan fingerprint density at radius 2 is 1.90 bits per heavy atom. The van der Waals surface area contributed by atoms with Crippen molar-refractivity contribution in [2.45, 2.75) is 12.7 Å². The monoisotopic (exact) mass is 537 g/mol. The van der Waals surface area contributed by atoms with Gasteiger partial charge in [0.05, 0.1) is 12.1 Å². The van der Waals surface area contributed by atoms with E-state index in [4.69, 9.17) is 10.2 Å². The number of guanidine groups is 1. The summed E-state index contributed by atoms with van der Waals surface area (Å²) in [5.74, 6) is 0.645. The summed E-state index contributed by atoms with van der Waals surface area (Å²) in [6.07, 6.45) is -4.36. The molecule has 0 aliphatic carbocycles. The van der Waals surface area contributed by atoms with Crippen LogP contribution < -0.4 is 16.0 Å². The summed E-state index contributed by atoms with van der Waals surface area (Å²) in [4.78, 5) is 19.3. The average Bonchev–Trinajstić information content (AvgIpc) is 3.18. The number of nitrogens with zero attached hydrogens (tertiary/aromatic N) is 3. The van der Waals surface area contributed by atoms with Crippen LogP contribution >= 0.6 is 24.0 Å². The van der Waals surface area contributed by atoms with Crippen LogP contribution in [0.15, 0.2) is 45.8 Å². The highest BCUT2D eigenvalue weighted by molar-refractivity contribution is 14.0. The van der Waals surface area contributed by atoms with E-state index in [0.717, 1.165) is 6.07 Å². The molecule has 1 aliphatic rings. The molecule has 11 heteroatoms. The summed E-state index contributed by atoms with van der Waals surface area (Å²) in [5.41, 5.74) is 5.07. The van der Waals surface area contributed by atoms with Crippen molar-refractivity contribution in [3.8, 4) is 0 Å². The minimum Gasteiger partial charge on any atom is -0.454 e. The van der Waals surface area contributed by atoms with Gasteiger partial charge in [0.2, 0.25) is 0 Å². The van der Waals surface area contributed by atoms with Crippen LogP contribution in [0.4, 0.5) is 18.9 Å². The Labute approximate surface area is 189 Å². The van der Waals surface area contributed by atoms with Crippen LogP contribution in [0.5, 0.6) is 0 Å². The number of hydrogen-bond acceptors (Lipinski definition) is 4. The number of hydrogen-bond donors (Lipinski definition) is 2. The maximum absolute atomic E-state index is 12.9. The highest BCUT2D eigenvalue weighted by Gasteiger charge is 2.31. The zero-order chi connectivity index (χ0) is 21.0. The molecule has 0 atom stereocenters. The van der Waals surface area contributed by atoms with Gasteiger partial charge in [0, 0.05) is 38.9 Å². The van der Waals surface area contributed by atoms with Gasteiger partial charge < -0.3 is 25.3 Å². The Morgan fingerprint density at radius 3 is 2.47 bits per heavy atom. The lowest BCUT2D eigenvalue weighted by Crippen LogP contribution is -2.52. The number of furan rings is 1. The van der Waals surface area contributed by atoms with Gasteiger partial charge in [-0.05, 0) is 30.3 Å². The van der Waals surface area contributed by atoms with E-state index in [0.29, 0.717) is 50.1 Å². The van der Waals surface area contributed by atoms with Crippen molar-refractivity contribution in [2.75, 3.05) is 38.1 Å². The minimum absolute atomic E-state index is 0. The first kappa shape index (κ1) is 23.8. The first-order chi connectivity index (χ1) is 13.8. The molecule has 1 aliphatic heterocycles. The third kappa shape index (κ3) is 5.80. The number of alkyl halides is 3. The Bertz CT molecular complexity index is 892. The Morgan fingerprint density at radius 1 is 1.20 bits per heavy atom. The Kier molecular flexibility index (Phi) is 7.98. The number of piperazine rings is 1. The van der Waals surface area contributed by atoms with Crippen LogP contribution in [0.2, 0.25) is 0 Å². The fourth-order valence-corrected chi connectivity index (χ4v) is 3.16. The summed E-state index contributed by atoms with van der Waals surface area (Å²) < 4.78 is 44.1. The number of carbonyl (C=O) groups excluding carboxylic acids is 1. The van der Waals surface area contributed by atoms with Crippen molar-refractivity contribution in [1.82, 2.24) is 10.2 Å². The topological polar surface area (TPSA) is 87.1 Å². The molecule has 0 unspecified atom stereocenters. The SMILES string of the molecule is CN=C(NCc1ccc(C(N)=O)o1)N1CCN(c2cccc(C(F)(F)F)c2)CC1.I. The van der Waals surface area contributed by atoms with Crippen LogP contribution in [0.1, 0.15) is 21.9 Å². The molecule has 7 nitrogen and oxygen atoms in total. The van der Waals surface area contributed by atoms with E-state index in [9.17, 15) is 18.0 Å². The average molecular weight is 537 g/mol. The van der Waals surface area contributed by atoms with E-state index in [1.165, 1.54) is 18.2 Å². The van der Waals surface area contributed by atoms with Gasteiger partial charge in [0.15, 0.2) is 11.7 Å². The summed E-state index contributed by atoms with van der Waals surface area (Å²) in [7, 11) is 1.65. The normalized spacial score (nSPS) is 15.0. The summed E-state index contributed by atoms with van der Waals surface area (Å²) in [5, 5.41) is 3.15. The molecule has 1 fully saturated rings. The molecule has 1 aromatic heterocycles. The van der Waals surface area contributed by atoms with Gasteiger partial charge in [-0.25, -0.2) is 0 Å². The number of nitrogens with two attached hydrogens (primary N) is 1. The molecule has 3 N–H and O–H groups in total. The van der Waals surface area contributed by atoms with E-state index in [1.54, 1.807) is 19.2 Å². The third-order valence-electron chi connectivity index (χ3n) is 4.65. The largest absolute Gasteiger partial charge is 0.454 e. The maximum atomic E-state index is 12.9. The second-order valence-electron chi connectivity index (χ2n) is 6.55. The Balaban J connectivity index is 0.00000320. The lowest BCUT2D eigenvalue weighted by molar-refractivity contribution is -0.137. The van der Waals surface area contributed by atoms with Crippen molar-refractivity contribution >= 4 is 41.5 Å². The van der Waals surface area contributed by atoms with Crippen molar-refractivity contribution < 1.29 is 22.4 Å². The van der Waals surface area contributed by atoms with E-state index in [2.05, 4.69) is 10.3 Å². The number of rotatable bonds is 4. The van der Waals surface area contributed by atoms with Crippen molar-refractivity contribution in [2.24, 2.45) is 10.7 Å². The molecular formula is C19H23F3IN5O2. The van der Waals surface area contributed by atoms with E-state index < -0.39 is 17.6 Å². The number of anilines is 1.